The molecule has 1 aromatic carbocycles. The minimum atomic E-state index is -4.34. The Morgan fingerprint density at radius 3 is 2.65 bits per heavy atom. The van der Waals surface area contributed by atoms with E-state index in [9.17, 15) is 18.0 Å². The Hall–Kier alpha value is -2.78. The molecule has 0 radical (unpaired) electrons. The maximum absolute atomic E-state index is 12.7. The van der Waals surface area contributed by atoms with Gasteiger partial charge < -0.3 is 10.2 Å². The van der Waals surface area contributed by atoms with Crippen LogP contribution in [-0.2, 0) is 32.2 Å². The standard InChI is InChI=1S/C21H29F3N6O/c1-3-25-19(28(2)15-16-8-10-17(11-9-16)21(22,23)24)26-12-6-14-30-20(31)29-13-5-4-7-18(29)27-30/h8-11H,3-7,12-15H2,1-2H3,(H,25,26). The summed E-state index contributed by atoms with van der Waals surface area (Å²) < 4.78 is 41.5. The molecule has 2 aromatic rings. The molecule has 1 aliphatic rings. The lowest BCUT2D eigenvalue weighted by Crippen LogP contribution is -2.38. The van der Waals surface area contributed by atoms with E-state index in [1.807, 2.05) is 18.9 Å². The van der Waals surface area contributed by atoms with E-state index >= 15 is 0 Å². The van der Waals surface area contributed by atoms with Crippen molar-refractivity contribution in [3.05, 3.63) is 51.7 Å². The number of aryl methyl sites for hydroxylation is 2. The molecule has 10 heteroatoms. The Kier molecular flexibility index (Phi) is 7.40. The van der Waals surface area contributed by atoms with Crippen LogP contribution in [0.5, 0.6) is 0 Å². The minimum absolute atomic E-state index is 0.0509. The fraction of sp³-hybridized carbons (Fsp3) is 0.571. The summed E-state index contributed by atoms with van der Waals surface area (Å²) in [5.74, 6) is 1.53. The van der Waals surface area contributed by atoms with Crippen LogP contribution in [0.2, 0.25) is 0 Å². The average Bonchev–Trinajstić information content (AvgIpc) is 3.06. The van der Waals surface area contributed by atoms with Crippen LogP contribution in [-0.4, -0.2) is 45.3 Å². The first kappa shape index (κ1) is 22.9. The molecule has 170 valence electrons. The topological polar surface area (TPSA) is 67.5 Å². The number of hydrogen-bond acceptors (Lipinski definition) is 3. The molecule has 0 unspecified atom stereocenters. The fourth-order valence-electron chi connectivity index (χ4n) is 3.62. The SMILES string of the molecule is CCNC(=NCCCn1nc2n(c1=O)CCCC2)N(C)Cc1ccc(C(F)(F)F)cc1. The van der Waals surface area contributed by atoms with E-state index in [1.165, 1.54) is 16.8 Å². The van der Waals surface area contributed by atoms with Crippen LogP contribution in [0.3, 0.4) is 0 Å². The number of alkyl halides is 3. The first-order valence-electron chi connectivity index (χ1n) is 10.6. The first-order valence-corrected chi connectivity index (χ1v) is 10.6. The van der Waals surface area contributed by atoms with Crippen molar-refractivity contribution in [2.24, 2.45) is 4.99 Å². The van der Waals surface area contributed by atoms with Gasteiger partial charge in [-0.1, -0.05) is 12.1 Å². The zero-order valence-corrected chi connectivity index (χ0v) is 18.0. The van der Waals surface area contributed by atoms with Gasteiger partial charge in [0.25, 0.3) is 0 Å². The molecule has 0 amide bonds. The second-order valence-electron chi connectivity index (χ2n) is 7.67. The Morgan fingerprint density at radius 1 is 1.26 bits per heavy atom. The van der Waals surface area contributed by atoms with E-state index in [4.69, 9.17) is 0 Å². The number of rotatable bonds is 7. The monoisotopic (exact) mass is 438 g/mol. The van der Waals surface area contributed by atoms with Crippen LogP contribution in [0.25, 0.3) is 0 Å². The lowest BCUT2D eigenvalue weighted by atomic mass is 10.1. The molecule has 1 aliphatic heterocycles. The molecule has 0 fully saturated rings. The predicted molar refractivity (Wildman–Crippen MR) is 113 cm³/mol. The van der Waals surface area contributed by atoms with E-state index in [0.717, 1.165) is 49.3 Å². The van der Waals surface area contributed by atoms with Crippen molar-refractivity contribution < 1.29 is 13.2 Å². The summed E-state index contributed by atoms with van der Waals surface area (Å²) in [6.07, 6.45) is -0.742. The fourth-order valence-corrected chi connectivity index (χ4v) is 3.62. The van der Waals surface area contributed by atoms with Crippen LogP contribution in [0, 0.1) is 0 Å². The van der Waals surface area contributed by atoms with Crippen LogP contribution in [0.15, 0.2) is 34.1 Å². The minimum Gasteiger partial charge on any atom is -0.357 e. The number of benzene rings is 1. The van der Waals surface area contributed by atoms with Crippen LogP contribution >= 0.6 is 0 Å². The number of nitrogens with zero attached hydrogens (tertiary/aromatic N) is 5. The molecule has 1 N–H and O–H groups in total. The molecule has 0 atom stereocenters. The van der Waals surface area contributed by atoms with Crippen molar-refractivity contribution in [3.63, 3.8) is 0 Å². The van der Waals surface area contributed by atoms with Gasteiger partial charge in [0.15, 0.2) is 5.96 Å². The molecule has 1 aromatic heterocycles. The van der Waals surface area contributed by atoms with Crippen molar-refractivity contribution in [1.82, 2.24) is 24.6 Å². The van der Waals surface area contributed by atoms with Crippen molar-refractivity contribution in [1.29, 1.82) is 0 Å². The summed E-state index contributed by atoms with van der Waals surface area (Å²) in [5, 5.41) is 7.63. The van der Waals surface area contributed by atoms with Gasteiger partial charge in [-0.05, 0) is 43.9 Å². The number of aromatic nitrogens is 3. The molecule has 0 bridgehead atoms. The van der Waals surface area contributed by atoms with E-state index in [-0.39, 0.29) is 5.69 Å². The number of aliphatic imine (C=N–C) groups is 1. The van der Waals surface area contributed by atoms with E-state index in [2.05, 4.69) is 15.4 Å². The maximum Gasteiger partial charge on any atom is 0.416 e. The van der Waals surface area contributed by atoms with Gasteiger partial charge in [-0.15, -0.1) is 0 Å². The number of hydrogen-bond donors (Lipinski definition) is 1. The second-order valence-corrected chi connectivity index (χ2v) is 7.67. The summed E-state index contributed by atoms with van der Waals surface area (Å²) in [6.45, 7) is 4.81. The van der Waals surface area contributed by atoms with Gasteiger partial charge in [-0.25, -0.2) is 9.48 Å². The number of guanidine groups is 1. The molecule has 7 nitrogen and oxygen atoms in total. The highest BCUT2D eigenvalue weighted by molar-refractivity contribution is 5.79. The molecule has 3 rings (SSSR count). The molecule has 0 aliphatic carbocycles. The lowest BCUT2D eigenvalue weighted by molar-refractivity contribution is -0.137. The largest absolute Gasteiger partial charge is 0.416 e. The summed E-state index contributed by atoms with van der Waals surface area (Å²) in [7, 11) is 1.84. The van der Waals surface area contributed by atoms with Crippen molar-refractivity contribution >= 4 is 5.96 Å². The van der Waals surface area contributed by atoms with Gasteiger partial charge in [-0.3, -0.25) is 9.56 Å². The maximum atomic E-state index is 12.7. The highest BCUT2D eigenvalue weighted by atomic mass is 19.4. The van der Waals surface area contributed by atoms with Crippen molar-refractivity contribution in [2.45, 2.75) is 58.4 Å². The molecular formula is C21H29F3N6O. The number of halogens is 3. The van der Waals surface area contributed by atoms with E-state index < -0.39 is 11.7 Å². The van der Waals surface area contributed by atoms with Crippen molar-refractivity contribution in [3.8, 4) is 0 Å². The normalized spacial score (nSPS) is 14.4. The summed E-state index contributed by atoms with van der Waals surface area (Å²) in [6, 6.07) is 5.15. The smallest absolute Gasteiger partial charge is 0.357 e. The van der Waals surface area contributed by atoms with E-state index in [0.29, 0.717) is 38.6 Å². The van der Waals surface area contributed by atoms with Gasteiger partial charge in [0, 0.05) is 46.2 Å². The lowest BCUT2D eigenvalue weighted by Gasteiger charge is -2.22. The van der Waals surface area contributed by atoms with Gasteiger partial charge in [0.05, 0.1) is 5.56 Å². The Morgan fingerprint density at radius 2 is 2.00 bits per heavy atom. The van der Waals surface area contributed by atoms with E-state index in [1.54, 1.807) is 4.57 Å². The van der Waals surface area contributed by atoms with Gasteiger partial charge in [-0.2, -0.15) is 18.3 Å². The predicted octanol–water partition coefficient (Wildman–Crippen LogP) is 2.89. The number of nitrogens with one attached hydrogen (secondary N) is 1. The molecule has 31 heavy (non-hydrogen) atoms. The third kappa shape index (κ3) is 5.89. The Labute approximate surface area is 179 Å². The van der Waals surface area contributed by atoms with Crippen molar-refractivity contribution in [2.75, 3.05) is 20.1 Å². The Balaban J connectivity index is 1.57. The third-order valence-corrected chi connectivity index (χ3v) is 5.22. The molecule has 0 saturated carbocycles. The summed E-state index contributed by atoms with van der Waals surface area (Å²) in [4.78, 5) is 18.8. The van der Waals surface area contributed by atoms with Gasteiger partial charge in [0.1, 0.15) is 5.82 Å². The quantitative estimate of drug-likeness (QED) is 0.410. The number of fused-ring (bicyclic) bond motifs is 1. The highest BCUT2D eigenvalue weighted by Crippen LogP contribution is 2.29. The molecule has 2 heterocycles. The third-order valence-electron chi connectivity index (χ3n) is 5.22. The zero-order chi connectivity index (χ0) is 22.4. The molecule has 0 spiro atoms. The Bertz CT molecular complexity index is 946. The van der Waals surface area contributed by atoms with Crippen LogP contribution in [0.1, 0.15) is 43.1 Å². The molecular weight excluding hydrogens is 409 g/mol. The second kappa shape index (κ2) is 10.0. The highest BCUT2D eigenvalue weighted by Gasteiger charge is 2.30. The zero-order valence-electron chi connectivity index (χ0n) is 18.0. The summed E-state index contributed by atoms with van der Waals surface area (Å²) >= 11 is 0. The average molecular weight is 438 g/mol. The van der Waals surface area contributed by atoms with Gasteiger partial charge in [0.2, 0.25) is 0 Å². The summed E-state index contributed by atoms with van der Waals surface area (Å²) in [5.41, 5.74) is 0.0527. The van der Waals surface area contributed by atoms with Gasteiger partial charge >= 0.3 is 11.9 Å². The molecule has 0 saturated heterocycles. The first-order chi connectivity index (χ1) is 14.8. The van der Waals surface area contributed by atoms with Crippen LogP contribution < -0.4 is 11.0 Å². The van der Waals surface area contributed by atoms with Crippen LogP contribution in [0.4, 0.5) is 13.2 Å².